The van der Waals surface area contributed by atoms with Crippen LogP contribution in [0.2, 0.25) is 0 Å². The Kier molecular flexibility index (Phi) is 3.72. The summed E-state index contributed by atoms with van der Waals surface area (Å²) in [4.78, 5) is 13.3. The van der Waals surface area contributed by atoms with E-state index in [1.165, 1.54) is 6.42 Å². The zero-order valence-electron chi connectivity index (χ0n) is 11.8. The first-order chi connectivity index (χ1) is 9.66. The van der Waals surface area contributed by atoms with E-state index in [1.807, 2.05) is 12.1 Å². The van der Waals surface area contributed by atoms with Gasteiger partial charge in [0.25, 0.3) is 5.69 Å². The maximum Gasteiger partial charge on any atom is 0.274 e. The standard InChI is InChI=1S/C15H21N3O2/c1-11(13-4-2-3-5-15(13)18(19)20)17-9-7-14-12(10-17)6-8-16-14/h2-5,11-12,14,16H,6-10H2,1H3. The summed E-state index contributed by atoms with van der Waals surface area (Å²) in [6, 6.07) is 7.89. The van der Waals surface area contributed by atoms with Crippen molar-refractivity contribution < 1.29 is 4.92 Å². The van der Waals surface area contributed by atoms with Crippen LogP contribution in [-0.2, 0) is 0 Å². The van der Waals surface area contributed by atoms with Gasteiger partial charge >= 0.3 is 0 Å². The quantitative estimate of drug-likeness (QED) is 0.679. The normalized spacial score (nSPS) is 28.1. The second-order valence-electron chi connectivity index (χ2n) is 5.88. The molecule has 2 fully saturated rings. The van der Waals surface area contributed by atoms with Crippen LogP contribution in [-0.4, -0.2) is 35.5 Å². The Morgan fingerprint density at radius 3 is 3.00 bits per heavy atom. The van der Waals surface area contributed by atoms with Crippen LogP contribution in [0.3, 0.4) is 0 Å². The second kappa shape index (κ2) is 5.50. The summed E-state index contributed by atoms with van der Waals surface area (Å²) in [5.74, 6) is 0.703. The molecule has 3 rings (SSSR count). The molecule has 0 amide bonds. The molecule has 0 saturated carbocycles. The van der Waals surface area contributed by atoms with E-state index in [1.54, 1.807) is 12.1 Å². The topological polar surface area (TPSA) is 58.4 Å². The molecule has 0 aromatic heterocycles. The molecule has 2 saturated heterocycles. The lowest BCUT2D eigenvalue weighted by Gasteiger charge is -2.38. The molecule has 1 aromatic rings. The first kappa shape index (κ1) is 13.5. The molecule has 0 aliphatic carbocycles. The first-order valence-corrected chi connectivity index (χ1v) is 7.37. The van der Waals surface area contributed by atoms with Crippen molar-refractivity contribution >= 4 is 5.69 Å². The van der Waals surface area contributed by atoms with E-state index in [-0.39, 0.29) is 16.7 Å². The number of hydrogen-bond acceptors (Lipinski definition) is 4. The van der Waals surface area contributed by atoms with Crippen molar-refractivity contribution in [1.82, 2.24) is 10.2 Å². The minimum absolute atomic E-state index is 0.109. The van der Waals surface area contributed by atoms with Crippen LogP contribution < -0.4 is 5.32 Å². The van der Waals surface area contributed by atoms with Gasteiger partial charge in [-0.3, -0.25) is 15.0 Å². The summed E-state index contributed by atoms with van der Waals surface area (Å²) in [7, 11) is 0. The minimum atomic E-state index is -0.268. The number of piperidine rings is 1. The molecule has 5 nitrogen and oxygen atoms in total. The van der Waals surface area contributed by atoms with Gasteiger partial charge in [-0.05, 0) is 32.2 Å². The Bertz CT molecular complexity index is 506. The van der Waals surface area contributed by atoms with Crippen molar-refractivity contribution in [2.75, 3.05) is 19.6 Å². The van der Waals surface area contributed by atoms with E-state index in [0.29, 0.717) is 12.0 Å². The lowest BCUT2D eigenvalue weighted by molar-refractivity contribution is -0.386. The number of nitrogens with one attached hydrogen (secondary N) is 1. The van der Waals surface area contributed by atoms with Gasteiger partial charge < -0.3 is 5.32 Å². The van der Waals surface area contributed by atoms with E-state index in [9.17, 15) is 10.1 Å². The van der Waals surface area contributed by atoms with E-state index < -0.39 is 0 Å². The highest BCUT2D eigenvalue weighted by atomic mass is 16.6. The Morgan fingerprint density at radius 2 is 2.20 bits per heavy atom. The molecular formula is C15H21N3O2. The van der Waals surface area contributed by atoms with Crippen LogP contribution in [0.15, 0.2) is 24.3 Å². The van der Waals surface area contributed by atoms with Crippen LogP contribution in [0, 0.1) is 16.0 Å². The van der Waals surface area contributed by atoms with Crippen molar-refractivity contribution in [2.45, 2.75) is 31.8 Å². The fraction of sp³-hybridized carbons (Fsp3) is 0.600. The van der Waals surface area contributed by atoms with Gasteiger partial charge in [0, 0.05) is 36.8 Å². The molecule has 0 spiro atoms. The average Bonchev–Trinajstić information content (AvgIpc) is 2.93. The molecule has 2 aliphatic heterocycles. The van der Waals surface area contributed by atoms with Crippen LogP contribution in [0.4, 0.5) is 5.69 Å². The third-order valence-electron chi connectivity index (χ3n) is 4.82. The molecule has 108 valence electrons. The predicted molar refractivity (Wildman–Crippen MR) is 77.6 cm³/mol. The van der Waals surface area contributed by atoms with E-state index in [0.717, 1.165) is 31.6 Å². The van der Waals surface area contributed by atoms with Crippen LogP contribution in [0.1, 0.15) is 31.4 Å². The van der Waals surface area contributed by atoms with Gasteiger partial charge in [-0.1, -0.05) is 18.2 Å². The van der Waals surface area contributed by atoms with Crippen LogP contribution in [0.5, 0.6) is 0 Å². The lowest BCUT2D eigenvalue weighted by Crippen LogP contribution is -2.45. The molecule has 1 aromatic carbocycles. The van der Waals surface area contributed by atoms with Crippen LogP contribution >= 0.6 is 0 Å². The Labute approximate surface area is 119 Å². The third-order valence-corrected chi connectivity index (χ3v) is 4.82. The highest BCUT2D eigenvalue weighted by Crippen LogP contribution is 2.33. The van der Waals surface area contributed by atoms with E-state index in [4.69, 9.17) is 0 Å². The second-order valence-corrected chi connectivity index (χ2v) is 5.88. The highest BCUT2D eigenvalue weighted by Gasteiger charge is 2.35. The Morgan fingerprint density at radius 1 is 1.40 bits per heavy atom. The Balaban J connectivity index is 1.79. The Hall–Kier alpha value is -1.46. The number of benzene rings is 1. The summed E-state index contributed by atoms with van der Waals surface area (Å²) in [5, 5.41) is 14.7. The van der Waals surface area contributed by atoms with Gasteiger partial charge in [0.2, 0.25) is 0 Å². The first-order valence-electron chi connectivity index (χ1n) is 7.37. The zero-order valence-corrected chi connectivity index (χ0v) is 11.8. The smallest absolute Gasteiger partial charge is 0.274 e. The fourth-order valence-corrected chi connectivity index (χ4v) is 3.63. The molecule has 5 heteroatoms. The molecule has 2 aliphatic rings. The van der Waals surface area contributed by atoms with E-state index in [2.05, 4.69) is 17.1 Å². The SMILES string of the molecule is CC(c1ccccc1[N+](=O)[O-])N1CCC2NCCC2C1. The minimum Gasteiger partial charge on any atom is -0.314 e. The molecule has 3 atom stereocenters. The summed E-state index contributed by atoms with van der Waals surface area (Å²) in [6.45, 7) is 5.26. The van der Waals surface area contributed by atoms with Gasteiger partial charge in [0.1, 0.15) is 0 Å². The van der Waals surface area contributed by atoms with Crippen LogP contribution in [0.25, 0.3) is 0 Å². The molecule has 3 unspecified atom stereocenters. The molecule has 0 bridgehead atoms. The maximum atomic E-state index is 11.2. The number of likely N-dealkylation sites (tertiary alicyclic amines) is 1. The molecular weight excluding hydrogens is 254 g/mol. The van der Waals surface area contributed by atoms with Crippen molar-refractivity contribution in [3.63, 3.8) is 0 Å². The maximum absolute atomic E-state index is 11.2. The van der Waals surface area contributed by atoms with Crippen molar-refractivity contribution in [2.24, 2.45) is 5.92 Å². The van der Waals surface area contributed by atoms with Gasteiger partial charge in [-0.25, -0.2) is 0 Å². The van der Waals surface area contributed by atoms with Gasteiger partial charge in [0.15, 0.2) is 0 Å². The van der Waals surface area contributed by atoms with Crippen molar-refractivity contribution in [3.05, 3.63) is 39.9 Å². The summed E-state index contributed by atoms with van der Waals surface area (Å²) in [5.41, 5.74) is 1.08. The average molecular weight is 275 g/mol. The zero-order chi connectivity index (χ0) is 14.1. The monoisotopic (exact) mass is 275 g/mol. The largest absolute Gasteiger partial charge is 0.314 e. The predicted octanol–water partition coefficient (Wildman–Crippen LogP) is 2.34. The number of para-hydroxylation sites is 1. The molecule has 2 heterocycles. The van der Waals surface area contributed by atoms with Gasteiger partial charge in [-0.15, -0.1) is 0 Å². The number of nitrogens with zero attached hydrogens (tertiary/aromatic N) is 2. The lowest BCUT2D eigenvalue weighted by atomic mass is 9.91. The fourth-order valence-electron chi connectivity index (χ4n) is 3.63. The number of nitro groups is 1. The number of rotatable bonds is 3. The highest BCUT2D eigenvalue weighted by molar-refractivity contribution is 5.41. The van der Waals surface area contributed by atoms with Gasteiger partial charge in [0.05, 0.1) is 4.92 Å². The summed E-state index contributed by atoms with van der Waals surface area (Å²) < 4.78 is 0. The number of nitro benzene ring substituents is 1. The molecule has 20 heavy (non-hydrogen) atoms. The molecule has 0 radical (unpaired) electrons. The van der Waals surface area contributed by atoms with Gasteiger partial charge in [-0.2, -0.15) is 0 Å². The van der Waals surface area contributed by atoms with Crippen molar-refractivity contribution in [3.8, 4) is 0 Å². The summed E-state index contributed by atoms with van der Waals surface area (Å²) >= 11 is 0. The number of hydrogen-bond donors (Lipinski definition) is 1. The summed E-state index contributed by atoms with van der Waals surface area (Å²) in [6.07, 6.45) is 2.38. The third kappa shape index (κ3) is 2.43. The molecule has 1 N–H and O–H groups in total. The van der Waals surface area contributed by atoms with Crippen molar-refractivity contribution in [1.29, 1.82) is 0 Å². The number of fused-ring (bicyclic) bond motifs is 1. The van der Waals surface area contributed by atoms with E-state index >= 15 is 0 Å².